The minimum absolute atomic E-state index is 0.115. The first-order valence-electron chi connectivity index (χ1n) is 7.81. The molecule has 0 saturated carbocycles. The number of carbonyl (C=O) groups is 1. The molecular formula is C17H23FN2O. The fraction of sp³-hybridized carbons (Fsp3) is 0.588. The Bertz CT molecular complexity index is 524. The molecule has 2 saturated heterocycles. The van der Waals surface area contributed by atoms with Crippen LogP contribution in [0.5, 0.6) is 0 Å². The number of nitrogens with zero attached hydrogens (tertiary/aromatic N) is 1. The number of rotatable bonds is 2. The van der Waals surface area contributed by atoms with Gasteiger partial charge in [-0.2, -0.15) is 0 Å². The van der Waals surface area contributed by atoms with Crippen molar-refractivity contribution < 1.29 is 9.18 Å². The number of benzene rings is 1. The minimum Gasteiger partial charge on any atom is -0.356 e. The Hall–Kier alpha value is -1.42. The zero-order valence-corrected chi connectivity index (χ0v) is 12.6. The molecule has 0 radical (unpaired) electrons. The first kappa shape index (κ1) is 14.5. The van der Waals surface area contributed by atoms with Crippen LogP contribution in [-0.2, 0) is 11.3 Å². The normalized spacial score (nSPS) is 22.3. The second kappa shape index (κ2) is 5.76. The number of hydrogen-bond donors (Lipinski definition) is 1. The minimum atomic E-state index is -0.115. The van der Waals surface area contributed by atoms with E-state index in [1.807, 2.05) is 13.0 Å². The predicted molar refractivity (Wildman–Crippen MR) is 80.3 cm³/mol. The summed E-state index contributed by atoms with van der Waals surface area (Å²) < 4.78 is 13.6. The summed E-state index contributed by atoms with van der Waals surface area (Å²) in [6.45, 7) is 5.58. The van der Waals surface area contributed by atoms with Crippen molar-refractivity contribution in [3.8, 4) is 0 Å². The molecule has 2 fully saturated rings. The second-order valence-corrected chi connectivity index (χ2v) is 6.58. The topological polar surface area (TPSA) is 32.3 Å². The van der Waals surface area contributed by atoms with E-state index in [-0.39, 0.29) is 11.7 Å². The molecule has 114 valence electrons. The number of hydrogen-bond acceptors (Lipinski definition) is 2. The highest BCUT2D eigenvalue weighted by Crippen LogP contribution is 2.37. The van der Waals surface area contributed by atoms with Crippen LogP contribution in [0.4, 0.5) is 4.39 Å². The average molecular weight is 290 g/mol. The van der Waals surface area contributed by atoms with Crippen molar-refractivity contribution >= 4 is 5.91 Å². The van der Waals surface area contributed by atoms with Gasteiger partial charge in [-0.1, -0.05) is 12.1 Å². The molecule has 0 atom stereocenters. The number of carbonyl (C=O) groups excluding carboxylic acids is 1. The zero-order chi connectivity index (χ0) is 14.9. The summed E-state index contributed by atoms with van der Waals surface area (Å²) in [5.74, 6) is 0.0782. The van der Waals surface area contributed by atoms with Crippen molar-refractivity contribution in [3.63, 3.8) is 0 Å². The summed E-state index contributed by atoms with van der Waals surface area (Å²) in [5.41, 5.74) is 2.16. The lowest BCUT2D eigenvalue weighted by atomic mass is 9.73. The Morgan fingerprint density at radius 1 is 1.29 bits per heavy atom. The largest absolute Gasteiger partial charge is 0.356 e. The third-order valence-corrected chi connectivity index (χ3v) is 5.23. The lowest BCUT2D eigenvalue weighted by Gasteiger charge is -2.44. The third-order valence-electron chi connectivity index (χ3n) is 5.23. The maximum absolute atomic E-state index is 13.6. The zero-order valence-electron chi connectivity index (χ0n) is 12.6. The summed E-state index contributed by atoms with van der Waals surface area (Å²) in [6, 6.07) is 5.33. The van der Waals surface area contributed by atoms with Gasteiger partial charge < -0.3 is 5.32 Å². The quantitative estimate of drug-likeness (QED) is 0.908. The lowest BCUT2D eigenvalue weighted by Crippen LogP contribution is -2.49. The SMILES string of the molecule is Cc1c(F)cccc1CN1CCC2(CCC(=O)NC2)CC1. The van der Waals surface area contributed by atoms with Gasteiger partial charge in [0.15, 0.2) is 0 Å². The van der Waals surface area contributed by atoms with Crippen LogP contribution in [0.25, 0.3) is 0 Å². The number of nitrogens with one attached hydrogen (secondary N) is 1. The molecule has 3 rings (SSSR count). The van der Waals surface area contributed by atoms with Gasteiger partial charge >= 0.3 is 0 Å². The van der Waals surface area contributed by atoms with E-state index in [2.05, 4.69) is 10.2 Å². The Morgan fingerprint density at radius 3 is 2.71 bits per heavy atom. The van der Waals surface area contributed by atoms with E-state index < -0.39 is 0 Å². The number of likely N-dealkylation sites (tertiary alicyclic amines) is 1. The molecule has 1 N–H and O–H groups in total. The first-order chi connectivity index (χ1) is 10.1. The van der Waals surface area contributed by atoms with E-state index in [9.17, 15) is 9.18 Å². The van der Waals surface area contributed by atoms with E-state index >= 15 is 0 Å². The molecule has 0 aliphatic carbocycles. The van der Waals surface area contributed by atoms with Crippen LogP contribution in [0.15, 0.2) is 18.2 Å². The monoisotopic (exact) mass is 290 g/mol. The summed E-state index contributed by atoms with van der Waals surface area (Å²) in [7, 11) is 0. The predicted octanol–water partition coefficient (Wildman–Crippen LogP) is 2.63. The highest BCUT2D eigenvalue weighted by atomic mass is 19.1. The van der Waals surface area contributed by atoms with Crippen LogP contribution >= 0.6 is 0 Å². The van der Waals surface area contributed by atoms with Gasteiger partial charge in [-0.15, -0.1) is 0 Å². The fourth-order valence-electron chi connectivity index (χ4n) is 3.52. The summed E-state index contributed by atoms with van der Waals surface area (Å²) in [4.78, 5) is 13.7. The number of halogens is 1. The standard InChI is InChI=1S/C17H23FN2O/c1-13-14(3-2-4-15(13)18)11-20-9-7-17(8-10-20)6-5-16(21)19-12-17/h2-4H,5-12H2,1H3,(H,19,21). The van der Waals surface area contributed by atoms with E-state index in [4.69, 9.17) is 0 Å². The van der Waals surface area contributed by atoms with E-state index in [0.717, 1.165) is 56.6 Å². The summed E-state index contributed by atoms with van der Waals surface area (Å²) in [5, 5.41) is 3.02. The molecule has 3 nitrogen and oxygen atoms in total. The van der Waals surface area contributed by atoms with Gasteiger partial charge in [-0.05, 0) is 61.9 Å². The molecular weight excluding hydrogens is 267 g/mol. The van der Waals surface area contributed by atoms with Gasteiger partial charge in [0, 0.05) is 19.5 Å². The van der Waals surface area contributed by atoms with Crippen molar-refractivity contribution in [2.75, 3.05) is 19.6 Å². The summed E-state index contributed by atoms with van der Waals surface area (Å²) >= 11 is 0. The van der Waals surface area contributed by atoms with Crippen molar-refractivity contribution in [3.05, 3.63) is 35.1 Å². The molecule has 2 aliphatic rings. The Labute approximate surface area is 125 Å². The van der Waals surface area contributed by atoms with Crippen LogP contribution in [0.1, 0.15) is 36.8 Å². The fourth-order valence-corrected chi connectivity index (χ4v) is 3.52. The van der Waals surface area contributed by atoms with Gasteiger partial charge in [-0.25, -0.2) is 4.39 Å². The molecule has 0 unspecified atom stereocenters. The van der Waals surface area contributed by atoms with Gasteiger partial charge in [-0.3, -0.25) is 9.69 Å². The molecule has 1 aromatic rings. The lowest BCUT2D eigenvalue weighted by molar-refractivity contribution is -0.125. The van der Waals surface area contributed by atoms with Crippen molar-refractivity contribution in [2.45, 2.75) is 39.2 Å². The average Bonchev–Trinajstić information content (AvgIpc) is 2.50. The summed E-state index contributed by atoms with van der Waals surface area (Å²) in [6.07, 6.45) is 3.94. The van der Waals surface area contributed by atoms with Gasteiger partial charge in [0.2, 0.25) is 5.91 Å². The highest BCUT2D eigenvalue weighted by Gasteiger charge is 2.37. The smallest absolute Gasteiger partial charge is 0.220 e. The molecule has 21 heavy (non-hydrogen) atoms. The Morgan fingerprint density at radius 2 is 2.05 bits per heavy atom. The van der Waals surface area contributed by atoms with E-state index in [1.165, 1.54) is 6.07 Å². The molecule has 1 amide bonds. The molecule has 0 bridgehead atoms. The van der Waals surface area contributed by atoms with Crippen LogP contribution in [0, 0.1) is 18.2 Å². The van der Waals surface area contributed by atoms with Gasteiger partial charge in [0.05, 0.1) is 0 Å². The van der Waals surface area contributed by atoms with Crippen LogP contribution in [-0.4, -0.2) is 30.4 Å². The number of amides is 1. The van der Waals surface area contributed by atoms with Gasteiger partial charge in [0.1, 0.15) is 5.82 Å². The molecule has 4 heteroatoms. The molecule has 2 heterocycles. The van der Waals surface area contributed by atoms with E-state index in [1.54, 1.807) is 6.07 Å². The van der Waals surface area contributed by atoms with Crippen molar-refractivity contribution in [2.24, 2.45) is 5.41 Å². The molecule has 1 aromatic carbocycles. The Balaban J connectivity index is 1.59. The molecule has 0 aromatic heterocycles. The van der Waals surface area contributed by atoms with Crippen molar-refractivity contribution in [1.29, 1.82) is 0 Å². The molecule has 2 aliphatic heterocycles. The second-order valence-electron chi connectivity index (χ2n) is 6.58. The van der Waals surface area contributed by atoms with Crippen LogP contribution < -0.4 is 5.32 Å². The highest BCUT2D eigenvalue weighted by molar-refractivity contribution is 5.76. The third kappa shape index (κ3) is 3.10. The maximum atomic E-state index is 13.6. The Kier molecular flexibility index (Phi) is 3.98. The molecule has 1 spiro atoms. The van der Waals surface area contributed by atoms with Crippen LogP contribution in [0.3, 0.4) is 0 Å². The van der Waals surface area contributed by atoms with E-state index in [0.29, 0.717) is 11.8 Å². The number of piperidine rings is 2. The maximum Gasteiger partial charge on any atom is 0.220 e. The van der Waals surface area contributed by atoms with Crippen molar-refractivity contribution in [1.82, 2.24) is 10.2 Å². The van der Waals surface area contributed by atoms with Gasteiger partial charge in [0.25, 0.3) is 0 Å². The van der Waals surface area contributed by atoms with Crippen LogP contribution in [0.2, 0.25) is 0 Å². The first-order valence-corrected chi connectivity index (χ1v) is 7.81.